The number of aryl methyl sites for hydroxylation is 1. The lowest BCUT2D eigenvalue weighted by molar-refractivity contribution is 0.160. The van der Waals surface area contributed by atoms with Gasteiger partial charge in [-0.1, -0.05) is 5.21 Å². The van der Waals surface area contributed by atoms with Crippen LogP contribution < -0.4 is 4.90 Å². The van der Waals surface area contributed by atoms with Gasteiger partial charge in [0.15, 0.2) is 0 Å². The van der Waals surface area contributed by atoms with E-state index < -0.39 is 0 Å². The zero-order valence-corrected chi connectivity index (χ0v) is 14.2. The van der Waals surface area contributed by atoms with Crippen molar-refractivity contribution in [3.05, 3.63) is 36.5 Å². The lowest BCUT2D eigenvalue weighted by Gasteiger charge is -2.16. The fourth-order valence-electron chi connectivity index (χ4n) is 2.41. The maximum atomic E-state index is 5.33. The Morgan fingerprint density at radius 1 is 1.25 bits per heavy atom. The first-order valence-corrected chi connectivity index (χ1v) is 7.48. The second kappa shape index (κ2) is 6.75. The minimum absolute atomic E-state index is 0.106. The largest absolute Gasteiger partial charge is 0.382 e. The Morgan fingerprint density at radius 3 is 2.58 bits per heavy atom. The number of rotatable bonds is 6. The van der Waals surface area contributed by atoms with Crippen LogP contribution in [0, 0.1) is 0 Å². The molecule has 126 valence electrons. The standard InChI is InChI=1S/C15H20N8O/c1-21(2)15-16-7-11(8-17-15)12-9-23(20-19-12)14(10-24-4)13-5-6-18-22(13)3/h5-9,14H,10H2,1-4H3/t14-/m1/s1. The second-order valence-electron chi connectivity index (χ2n) is 5.60. The lowest BCUT2D eigenvalue weighted by Crippen LogP contribution is -2.19. The Bertz CT molecular complexity index is 792. The van der Waals surface area contributed by atoms with Crippen molar-refractivity contribution >= 4 is 5.95 Å². The first kappa shape index (κ1) is 16.1. The molecule has 0 unspecified atom stereocenters. The molecule has 0 aliphatic carbocycles. The van der Waals surface area contributed by atoms with E-state index in [1.807, 2.05) is 38.3 Å². The van der Waals surface area contributed by atoms with Gasteiger partial charge in [-0.25, -0.2) is 14.6 Å². The summed E-state index contributed by atoms with van der Waals surface area (Å²) in [5.74, 6) is 0.651. The normalized spacial score (nSPS) is 12.3. The van der Waals surface area contributed by atoms with Crippen molar-refractivity contribution in [3.63, 3.8) is 0 Å². The van der Waals surface area contributed by atoms with Gasteiger partial charge in [-0.05, 0) is 6.07 Å². The van der Waals surface area contributed by atoms with Gasteiger partial charge in [0, 0.05) is 52.4 Å². The molecule has 0 saturated carbocycles. The van der Waals surface area contributed by atoms with Crippen molar-refractivity contribution in [3.8, 4) is 11.3 Å². The molecule has 3 heterocycles. The number of anilines is 1. The predicted molar refractivity (Wildman–Crippen MR) is 88.6 cm³/mol. The van der Waals surface area contributed by atoms with Crippen molar-refractivity contribution in [2.24, 2.45) is 7.05 Å². The van der Waals surface area contributed by atoms with Crippen molar-refractivity contribution < 1.29 is 4.74 Å². The van der Waals surface area contributed by atoms with Crippen LogP contribution >= 0.6 is 0 Å². The second-order valence-corrected chi connectivity index (χ2v) is 5.60. The molecule has 0 radical (unpaired) electrons. The summed E-state index contributed by atoms with van der Waals surface area (Å²) in [5, 5.41) is 12.7. The van der Waals surface area contributed by atoms with Gasteiger partial charge in [0.1, 0.15) is 11.7 Å². The van der Waals surface area contributed by atoms with Gasteiger partial charge in [0.25, 0.3) is 0 Å². The zero-order chi connectivity index (χ0) is 17.1. The molecule has 9 nitrogen and oxygen atoms in total. The monoisotopic (exact) mass is 328 g/mol. The average molecular weight is 328 g/mol. The Balaban J connectivity index is 1.89. The van der Waals surface area contributed by atoms with E-state index >= 15 is 0 Å². The van der Waals surface area contributed by atoms with E-state index in [2.05, 4.69) is 25.4 Å². The molecule has 0 N–H and O–H groups in total. The molecule has 0 aromatic carbocycles. The molecule has 0 aliphatic heterocycles. The van der Waals surface area contributed by atoms with Crippen molar-refractivity contribution in [2.45, 2.75) is 6.04 Å². The average Bonchev–Trinajstić information content (AvgIpc) is 3.22. The van der Waals surface area contributed by atoms with Gasteiger partial charge in [0.2, 0.25) is 5.95 Å². The van der Waals surface area contributed by atoms with Crippen LogP contribution in [0.15, 0.2) is 30.9 Å². The summed E-state index contributed by atoms with van der Waals surface area (Å²) in [4.78, 5) is 10.5. The molecule has 0 spiro atoms. The smallest absolute Gasteiger partial charge is 0.224 e. The van der Waals surface area contributed by atoms with Gasteiger partial charge < -0.3 is 9.64 Å². The Kier molecular flexibility index (Phi) is 4.52. The van der Waals surface area contributed by atoms with Crippen LogP contribution in [0.25, 0.3) is 11.3 Å². The van der Waals surface area contributed by atoms with E-state index in [0.717, 1.165) is 11.3 Å². The van der Waals surface area contributed by atoms with Crippen LogP contribution in [0.4, 0.5) is 5.95 Å². The van der Waals surface area contributed by atoms with E-state index in [-0.39, 0.29) is 6.04 Å². The van der Waals surface area contributed by atoms with E-state index in [1.54, 1.807) is 35.1 Å². The molecule has 0 fully saturated rings. The molecule has 0 bridgehead atoms. The van der Waals surface area contributed by atoms with E-state index in [0.29, 0.717) is 18.2 Å². The molecule has 9 heteroatoms. The van der Waals surface area contributed by atoms with E-state index in [1.165, 1.54) is 0 Å². The topological polar surface area (TPSA) is 86.8 Å². The van der Waals surface area contributed by atoms with Gasteiger partial charge in [-0.3, -0.25) is 4.68 Å². The van der Waals surface area contributed by atoms with Crippen molar-refractivity contribution in [1.82, 2.24) is 34.7 Å². The third-order valence-electron chi connectivity index (χ3n) is 3.69. The van der Waals surface area contributed by atoms with E-state index in [4.69, 9.17) is 4.74 Å². The summed E-state index contributed by atoms with van der Waals surface area (Å²) in [6.07, 6.45) is 7.10. The highest BCUT2D eigenvalue weighted by Gasteiger charge is 2.19. The zero-order valence-electron chi connectivity index (χ0n) is 14.2. The predicted octanol–water partition coefficient (Wildman–Crippen LogP) is 0.770. The highest BCUT2D eigenvalue weighted by molar-refractivity contribution is 5.55. The SMILES string of the molecule is COC[C@H](c1ccnn1C)n1cc(-c2cnc(N(C)C)nc2)nn1. The van der Waals surface area contributed by atoms with Crippen LogP contribution in [0.1, 0.15) is 11.7 Å². The van der Waals surface area contributed by atoms with Crippen molar-refractivity contribution in [2.75, 3.05) is 32.7 Å². The highest BCUT2D eigenvalue weighted by atomic mass is 16.5. The van der Waals surface area contributed by atoms with Gasteiger partial charge in [-0.15, -0.1) is 5.10 Å². The molecular formula is C15H20N8O. The molecule has 0 saturated heterocycles. The van der Waals surface area contributed by atoms with Gasteiger partial charge in [0.05, 0.1) is 18.5 Å². The Hall–Kier alpha value is -2.81. The molecule has 3 aromatic rings. The number of hydrogen-bond donors (Lipinski definition) is 0. The summed E-state index contributed by atoms with van der Waals surface area (Å²) in [7, 11) is 7.35. The summed E-state index contributed by atoms with van der Waals surface area (Å²) >= 11 is 0. The molecule has 0 aliphatic rings. The van der Waals surface area contributed by atoms with Crippen LogP contribution in [0.3, 0.4) is 0 Å². The minimum Gasteiger partial charge on any atom is -0.382 e. The van der Waals surface area contributed by atoms with Crippen LogP contribution in [0.2, 0.25) is 0 Å². The first-order chi connectivity index (χ1) is 11.6. The summed E-state index contributed by atoms with van der Waals surface area (Å²) in [6.45, 7) is 0.471. The molecule has 24 heavy (non-hydrogen) atoms. The van der Waals surface area contributed by atoms with Crippen LogP contribution in [-0.2, 0) is 11.8 Å². The Morgan fingerprint density at radius 2 is 2.00 bits per heavy atom. The number of ether oxygens (including phenoxy) is 1. The lowest BCUT2D eigenvalue weighted by atomic mass is 10.2. The fraction of sp³-hybridized carbons (Fsp3) is 0.400. The molecular weight excluding hydrogens is 308 g/mol. The third-order valence-corrected chi connectivity index (χ3v) is 3.69. The number of hydrogen-bond acceptors (Lipinski definition) is 7. The summed E-state index contributed by atoms with van der Waals surface area (Å²) in [5.41, 5.74) is 2.52. The molecule has 3 rings (SSSR count). The van der Waals surface area contributed by atoms with Crippen molar-refractivity contribution in [1.29, 1.82) is 0 Å². The Labute approximate surface area is 139 Å². The minimum atomic E-state index is -0.106. The van der Waals surface area contributed by atoms with E-state index in [9.17, 15) is 0 Å². The summed E-state index contributed by atoms with van der Waals surface area (Å²) in [6, 6.07) is 1.84. The fourth-order valence-corrected chi connectivity index (χ4v) is 2.41. The van der Waals surface area contributed by atoms with Crippen LogP contribution in [0.5, 0.6) is 0 Å². The maximum absolute atomic E-state index is 5.33. The van der Waals surface area contributed by atoms with Gasteiger partial charge >= 0.3 is 0 Å². The third kappa shape index (κ3) is 3.11. The highest BCUT2D eigenvalue weighted by Crippen LogP contribution is 2.21. The number of nitrogens with zero attached hydrogens (tertiary/aromatic N) is 8. The quantitative estimate of drug-likeness (QED) is 0.660. The molecule has 1 atom stereocenters. The number of methoxy groups -OCH3 is 1. The van der Waals surface area contributed by atoms with Crippen LogP contribution in [-0.4, -0.2) is 62.6 Å². The van der Waals surface area contributed by atoms with Gasteiger partial charge in [-0.2, -0.15) is 5.10 Å². The first-order valence-electron chi connectivity index (χ1n) is 7.48. The molecule has 0 amide bonds. The molecule has 3 aromatic heterocycles. The maximum Gasteiger partial charge on any atom is 0.224 e. The summed E-state index contributed by atoms with van der Waals surface area (Å²) < 4.78 is 8.91. The number of aromatic nitrogens is 7.